The lowest BCUT2D eigenvalue weighted by Crippen LogP contribution is -2.45. The van der Waals surface area contributed by atoms with Crippen LogP contribution in [0.5, 0.6) is 0 Å². The van der Waals surface area contributed by atoms with Crippen molar-refractivity contribution in [1.29, 1.82) is 0 Å². The summed E-state index contributed by atoms with van der Waals surface area (Å²) in [6.45, 7) is 9.23. The van der Waals surface area contributed by atoms with Gasteiger partial charge in [0.05, 0.1) is 12.7 Å². The van der Waals surface area contributed by atoms with E-state index in [0.717, 1.165) is 25.6 Å². The molecule has 0 aromatic carbocycles. The van der Waals surface area contributed by atoms with E-state index < -0.39 is 0 Å². The van der Waals surface area contributed by atoms with Crippen molar-refractivity contribution in [2.45, 2.75) is 25.9 Å². The van der Waals surface area contributed by atoms with Gasteiger partial charge in [-0.1, -0.05) is 0 Å². The zero-order valence-electron chi connectivity index (χ0n) is 10.1. The number of piperidine rings is 1. The van der Waals surface area contributed by atoms with Gasteiger partial charge in [0.2, 0.25) is 0 Å². The standard InChI is InChI=1S/C12H24N2O/c1-11-9-14(7-8-15-11)10-12-3-5-13(2)6-4-12/h11-12H,3-10H2,1-2H3. The highest BCUT2D eigenvalue weighted by molar-refractivity contribution is 4.76. The van der Waals surface area contributed by atoms with Gasteiger partial charge < -0.3 is 9.64 Å². The molecule has 3 nitrogen and oxygen atoms in total. The number of hydrogen-bond acceptors (Lipinski definition) is 3. The van der Waals surface area contributed by atoms with Gasteiger partial charge in [0.15, 0.2) is 0 Å². The van der Waals surface area contributed by atoms with E-state index in [-0.39, 0.29) is 0 Å². The summed E-state index contributed by atoms with van der Waals surface area (Å²) in [5.41, 5.74) is 0. The largest absolute Gasteiger partial charge is 0.376 e. The van der Waals surface area contributed by atoms with Crippen LogP contribution in [0.25, 0.3) is 0 Å². The Morgan fingerprint density at radius 2 is 1.93 bits per heavy atom. The Bertz CT molecular complexity index is 190. The number of rotatable bonds is 2. The molecule has 0 aromatic heterocycles. The maximum Gasteiger partial charge on any atom is 0.0674 e. The predicted molar refractivity (Wildman–Crippen MR) is 62.1 cm³/mol. The molecule has 2 rings (SSSR count). The predicted octanol–water partition coefficient (Wildman–Crippen LogP) is 1.05. The summed E-state index contributed by atoms with van der Waals surface area (Å²) in [7, 11) is 2.23. The summed E-state index contributed by atoms with van der Waals surface area (Å²) in [4.78, 5) is 5.03. The highest BCUT2D eigenvalue weighted by atomic mass is 16.5. The van der Waals surface area contributed by atoms with Crippen LogP contribution in [0.2, 0.25) is 0 Å². The van der Waals surface area contributed by atoms with Gasteiger partial charge in [0.25, 0.3) is 0 Å². The number of nitrogens with zero attached hydrogens (tertiary/aromatic N) is 2. The molecular weight excluding hydrogens is 188 g/mol. The van der Waals surface area contributed by atoms with Gasteiger partial charge in [-0.2, -0.15) is 0 Å². The minimum Gasteiger partial charge on any atom is -0.376 e. The van der Waals surface area contributed by atoms with Gasteiger partial charge >= 0.3 is 0 Å². The molecule has 2 saturated heterocycles. The monoisotopic (exact) mass is 212 g/mol. The average molecular weight is 212 g/mol. The third-order valence-corrected chi connectivity index (χ3v) is 3.68. The Hall–Kier alpha value is -0.120. The lowest BCUT2D eigenvalue weighted by molar-refractivity contribution is -0.0257. The Morgan fingerprint density at radius 1 is 1.20 bits per heavy atom. The summed E-state index contributed by atoms with van der Waals surface area (Å²) in [5, 5.41) is 0. The Labute approximate surface area is 93.4 Å². The van der Waals surface area contributed by atoms with Crippen LogP contribution in [-0.4, -0.2) is 62.3 Å². The molecule has 2 aliphatic heterocycles. The van der Waals surface area contributed by atoms with Crippen molar-refractivity contribution in [3.05, 3.63) is 0 Å². The molecule has 1 atom stereocenters. The first-order chi connectivity index (χ1) is 7.24. The maximum absolute atomic E-state index is 5.56. The van der Waals surface area contributed by atoms with E-state index in [0.29, 0.717) is 6.10 Å². The van der Waals surface area contributed by atoms with Crippen molar-refractivity contribution in [2.24, 2.45) is 5.92 Å². The Balaban J connectivity index is 1.71. The lowest BCUT2D eigenvalue weighted by Gasteiger charge is -2.36. The molecule has 0 spiro atoms. The smallest absolute Gasteiger partial charge is 0.0674 e. The van der Waals surface area contributed by atoms with Crippen LogP contribution in [0.4, 0.5) is 0 Å². The molecule has 2 heterocycles. The van der Waals surface area contributed by atoms with Crippen molar-refractivity contribution in [3.8, 4) is 0 Å². The van der Waals surface area contributed by atoms with E-state index in [9.17, 15) is 0 Å². The SMILES string of the molecule is CC1CN(CC2CCN(C)CC2)CCO1. The van der Waals surface area contributed by atoms with E-state index in [1.165, 1.54) is 32.5 Å². The fourth-order valence-electron chi connectivity index (χ4n) is 2.67. The lowest BCUT2D eigenvalue weighted by atomic mass is 9.96. The molecule has 88 valence electrons. The van der Waals surface area contributed by atoms with Crippen LogP contribution in [0.3, 0.4) is 0 Å². The van der Waals surface area contributed by atoms with E-state index in [1.807, 2.05) is 0 Å². The van der Waals surface area contributed by atoms with Gasteiger partial charge in [-0.25, -0.2) is 0 Å². The van der Waals surface area contributed by atoms with Crippen molar-refractivity contribution in [2.75, 3.05) is 46.4 Å². The molecule has 2 fully saturated rings. The molecule has 0 radical (unpaired) electrons. The highest BCUT2D eigenvalue weighted by Crippen LogP contribution is 2.18. The molecule has 15 heavy (non-hydrogen) atoms. The van der Waals surface area contributed by atoms with Crippen molar-refractivity contribution in [3.63, 3.8) is 0 Å². The molecule has 2 aliphatic rings. The number of ether oxygens (including phenoxy) is 1. The summed E-state index contributed by atoms with van der Waals surface area (Å²) in [6.07, 6.45) is 3.19. The molecule has 3 heteroatoms. The van der Waals surface area contributed by atoms with E-state index in [4.69, 9.17) is 4.74 Å². The summed E-state index contributed by atoms with van der Waals surface area (Å²) in [6, 6.07) is 0. The third kappa shape index (κ3) is 3.44. The second-order valence-corrected chi connectivity index (χ2v) is 5.19. The molecule has 0 aliphatic carbocycles. The van der Waals surface area contributed by atoms with Gasteiger partial charge in [-0.05, 0) is 45.8 Å². The number of morpholine rings is 1. The Kier molecular flexibility index (Phi) is 4.00. The maximum atomic E-state index is 5.56. The van der Waals surface area contributed by atoms with Gasteiger partial charge in [0, 0.05) is 19.6 Å². The first-order valence-electron chi connectivity index (χ1n) is 6.26. The fraction of sp³-hybridized carbons (Fsp3) is 1.00. The normalized spacial score (nSPS) is 32.0. The second-order valence-electron chi connectivity index (χ2n) is 5.19. The number of hydrogen-bond donors (Lipinski definition) is 0. The third-order valence-electron chi connectivity index (χ3n) is 3.68. The molecule has 0 bridgehead atoms. The molecule has 0 N–H and O–H groups in total. The molecule has 1 unspecified atom stereocenters. The van der Waals surface area contributed by atoms with Crippen LogP contribution < -0.4 is 0 Å². The minimum atomic E-state index is 0.435. The zero-order chi connectivity index (χ0) is 10.7. The molecular formula is C12H24N2O. The first-order valence-corrected chi connectivity index (χ1v) is 6.26. The van der Waals surface area contributed by atoms with E-state index in [2.05, 4.69) is 23.8 Å². The van der Waals surface area contributed by atoms with Crippen LogP contribution in [-0.2, 0) is 4.74 Å². The summed E-state index contributed by atoms with van der Waals surface area (Å²) in [5.74, 6) is 0.923. The second kappa shape index (κ2) is 5.28. The molecule has 0 saturated carbocycles. The summed E-state index contributed by atoms with van der Waals surface area (Å²) < 4.78 is 5.56. The number of likely N-dealkylation sites (tertiary alicyclic amines) is 1. The van der Waals surface area contributed by atoms with Crippen molar-refractivity contribution < 1.29 is 4.74 Å². The molecule has 0 amide bonds. The van der Waals surface area contributed by atoms with Gasteiger partial charge in [-0.15, -0.1) is 0 Å². The quantitative estimate of drug-likeness (QED) is 0.680. The van der Waals surface area contributed by atoms with Crippen LogP contribution in [0.1, 0.15) is 19.8 Å². The fourth-order valence-corrected chi connectivity index (χ4v) is 2.67. The van der Waals surface area contributed by atoms with Crippen molar-refractivity contribution >= 4 is 0 Å². The minimum absolute atomic E-state index is 0.435. The highest BCUT2D eigenvalue weighted by Gasteiger charge is 2.22. The van der Waals surface area contributed by atoms with Gasteiger partial charge in [-0.3, -0.25) is 4.90 Å². The Morgan fingerprint density at radius 3 is 2.60 bits per heavy atom. The van der Waals surface area contributed by atoms with Crippen LogP contribution in [0.15, 0.2) is 0 Å². The average Bonchev–Trinajstić information content (AvgIpc) is 2.22. The van der Waals surface area contributed by atoms with Gasteiger partial charge in [0.1, 0.15) is 0 Å². The van der Waals surface area contributed by atoms with Crippen molar-refractivity contribution in [1.82, 2.24) is 9.80 Å². The van der Waals surface area contributed by atoms with E-state index >= 15 is 0 Å². The zero-order valence-corrected chi connectivity index (χ0v) is 10.1. The molecule has 0 aromatic rings. The first kappa shape index (κ1) is 11.4. The van der Waals surface area contributed by atoms with Crippen LogP contribution in [0, 0.1) is 5.92 Å². The summed E-state index contributed by atoms with van der Waals surface area (Å²) >= 11 is 0. The van der Waals surface area contributed by atoms with E-state index in [1.54, 1.807) is 0 Å². The topological polar surface area (TPSA) is 15.7 Å². The van der Waals surface area contributed by atoms with Crippen LogP contribution >= 0.6 is 0 Å².